The van der Waals surface area contributed by atoms with Gasteiger partial charge in [-0.05, 0) is 41.8 Å². The second-order valence-corrected chi connectivity index (χ2v) is 4.92. The van der Waals surface area contributed by atoms with Crippen molar-refractivity contribution in [2.45, 2.75) is 26.1 Å². The summed E-state index contributed by atoms with van der Waals surface area (Å²) >= 11 is 0. The standard InChI is InChI=1S/C17H18F3N/c1-2-10-21-12-13-6-5-7-14(11-13)15-8-3-4-9-16(15)17(18,19)20/h3-9,11,21H,2,10,12H2,1H3. The van der Waals surface area contributed by atoms with Crippen LogP contribution in [-0.2, 0) is 12.7 Å². The smallest absolute Gasteiger partial charge is 0.313 e. The van der Waals surface area contributed by atoms with Gasteiger partial charge in [0.2, 0.25) is 0 Å². The fraction of sp³-hybridized carbons (Fsp3) is 0.294. The molecule has 0 unspecified atom stereocenters. The summed E-state index contributed by atoms with van der Waals surface area (Å²) < 4.78 is 39.2. The molecule has 2 rings (SSSR count). The van der Waals surface area contributed by atoms with E-state index in [0.29, 0.717) is 12.1 Å². The van der Waals surface area contributed by atoms with Gasteiger partial charge >= 0.3 is 6.18 Å². The van der Waals surface area contributed by atoms with E-state index in [2.05, 4.69) is 12.2 Å². The van der Waals surface area contributed by atoms with Crippen molar-refractivity contribution in [2.75, 3.05) is 6.54 Å². The molecule has 0 saturated heterocycles. The van der Waals surface area contributed by atoms with Crippen molar-refractivity contribution in [3.05, 3.63) is 59.7 Å². The fourth-order valence-corrected chi connectivity index (χ4v) is 2.24. The number of halogens is 3. The molecule has 0 aromatic heterocycles. The Balaban J connectivity index is 2.32. The van der Waals surface area contributed by atoms with Gasteiger partial charge < -0.3 is 5.32 Å². The first-order chi connectivity index (χ1) is 10.0. The van der Waals surface area contributed by atoms with Gasteiger partial charge in [-0.15, -0.1) is 0 Å². The molecular formula is C17H18F3N. The Morgan fingerprint density at radius 1 is 1.00 bits per heavy atom. The number of alkyl halides is 3. The molecule has 112 valence electrons. The van der Waals surface area contributed by atoms with Crippen LogP contribution in [0.1, 0.15) is 24.5 Å². The Hall–Kier alpha value is -1.81. The van der Waals surface area contributed by atoms with Gasteiger partial charge in [-0.2, -0.15) is 13.2 Å². The maximum Gasteiger partial charge on any atom is 0.417 e. The van der Waals surface area contributed by atoms with E-state index in [1.165, 1.54) is 12.1 Å². The van der Waals surface area contributed by atoms with Gasteiger partial charge in [0.05, 0.1) is 5.56 Å². The Morgan fingerprint density at radius 3 is 2.48 bits per heavy atom. The van der Waals surface area contributed by atoms with Crippen molar-refractivity contribution in [3.63, 3.8) is 0 Å². The molecule has 0 bridgehead atoms. The zero-order chi connectivity index (χ0) is 15.3. The molecule has 2 aromatic rings. The number of hydrogen-bond donors (Lipinski definition) is 1. The van der Waals surface area contributed by atoms with E-state index in [1.54, 1.807) is 18.2 Å². The van der Waals surface area contributed by atoms with Gasteiger partial charge in [-0.25, -0.2) is 0 Å². The molecule has 0 saturated carbocycles. The van der Waals surface area contributed by atoms with Crippen LogP contribution < -0.4 is 5.32 Å². The summed E-state index contributed by atoms with van der Waals surface area (Å²) in [6, 6.07) is 12.9. The highest BCUT2D eigenvalue weighted by atomic mass is 19.4. The SMILES string of the molecule is CCCNCc1cccc(-c2ccccc2C(F)(F)F)c1. The maximum absolute atomic E-state index is 13.1. The third kappa shape index (κ3) is 4.08. The van der Waals surface area contributed by atoms with Crippen LogP contribution in [-0.4, -0.2) is 6.54 Å². The summed E-state index contributed by atoms with van der Waals surface area (Å²) in [5, 5.41) is 3.25. The zero-order valence-electron chi connectivity index (χ0n) is 11.9. The lowest BCUT2D eigenvalue weighted by molar-refractivity contribution is -0.137. The molecule has 0 heterocycles. The average Bonchev–Trinajstić information content (AvgIpc) is 2.47. The van der Waals surface area contributed by atoms with Crippen molar-refractivity contribution in [3.8, 4) is 11.1 Å². The van der Waals surface area contributed by atoms with Gasteiger partial charge in [0.1, 0.15) is 0 Å². The second kappa shape index (κ2) is 6.76. The molecule has 2 aromatic carbocycles. The Labute approximate surface area is 122 Å². The Morgan fingerprint density at radius 2 is 1.76 bits per heavy atom. The highest BCUT2D eigenvalue weighted by Crippen LogP contribution is 2.36. The summed E-state index contributed by atoms with van der Waals surface area (Å²) in [5.74, 6) is 0. The van der Waals surface area contributed by atoms with E-state index in [4.69, 9.17) is 0 Å². The predicted octanol–water partition coefficient (Wildman–Crippen LogP) is 4.87. The summed E-state index contributed by atoms with van der Waals surface area (Å²) in [4.78, 5) is 0. The quantitative estimate of drug-likeness (QED) is 0.775. The fourth-order valence-electron chi connectivity index (χ4n) is 2.24. The highest BCUT2D eigenvalue weighted by Gasteiger charge is 2.33. The number of rotatable bonds is 5. The number of nitrogens with one attached hydrogen (secondary N) is 1. The first kappa shape index (κ1) is 15.6. The lowest BCUT2D eigenvalue weighted by Crippen LogP contribution is -2.13. The topological polar surface area (TPSA) is 12.0 Å². The minimum absolute atomic E-state index is 0.224. The highest BCUT2D eigenvalue weighted by molar-refractivity contribution is 5.68. The average molecular weight is 293 g/mol. The molecule has 21 heavy (non-hydrogen) atoms. The number of benzene rings is 2. The van der Waals surface area contributed by atoms with Gasteiger partial charge in [0.15, 0.2) is 0 Å². The second-order valence-electron chi connectivity index (χ2n) is 4.92. The third-order valence-electron chi connectivity index (χ3n) is 3.23. The van der Waals surface area contributed by atoms with Gasteiger partial charge in [0.25, 0.3) is 0 Å². The zero-order valence-corrected chi connectivity index (χ0v) is 11.9. The number of hydrogen-bond acceptors (Lipinski definition) is 1. The molecule has 0 radical (unpaired) electrons. The van der Waals surface area contributed by atoms with E-state index < -0.39 is 11.7 Å². The normalized spacial score (nSPS) is 11.6. The Kier molecular flexibility index (Phi) is 5.02. The summed E-state index contributed by atoms with van der Waals surface area (Å²) in [6.45, 7) is 3.63. The predicted molar refractivity (Wildman–Crippen MR) is 78.9 cm³/mol. The van der Waals surface area contributed by atoms with E-state index in [-0.39, 0.29) is 5.56 Å². The lowest BCUT2D eigenvalue weighted by Gasteiger charge is -2.13. The van der Waals surface area contributed by atoms with Crippen LogP contribution in [0.15, 0.2) is 48.5 Å². The van der Waals surface area contributed by atoms with Crippen LogP contribution in [0.2, 0.25) is 0 Å². The minimum Gasteiger partial charge on any atom is -0.313 e. The van der Waals surface area contributed by atoms with Gasteiger partial charge in [0, 0.05) is 6.54 Å². The third-order valence-corrected chi connectivity index (χ3v) is 3.23. The van der Waals surface area contributed by atoms with Crippen molar-refractivity contribution in [1.29, 1.82) is 0 Å². The van der Waals surface area contributed by atoms with Crippen molar-refractivity contribution >= 4 is 0 Å². The van der Waals surface area contributed by atoms with Crippen LogP contribution in [0.4, 0.5) is 13.2 Å². The molecular weight excluding hydrogens is 275 g/mol. The maximum atomic E-state index is 13.1. The van der Waals surface area contributed by atoms with Gasteiger partial charge in [-0.1, -0.05) is 43.3 Å². The van der Waals surface area contributed by atoms with E-state index in [1.807, 2.05) is 12.1 Å². The molecule has 1 N–H and O–H groups in total. The molecule has 0 aliphatic heterocycles. The molecule has 0 amide bonds. The molecule has 0 fully saturated rings. The van der Waals surface area contributed by atoms with Crippen molar-refractivity contribution in [2.24, 2.45) is 0 Å². The lowest BCUT2D eigenvalue weighted by atomic mass is 9.98. The van der Waals surface area contributed by atoms with E-state index >= 15 is 0 Å². The van der Waals surface area contributed by atoms with Crippen LogP contribution in [0.5, 0.6) is 0 Å². The molecule has 4 heteroatoms. The van der Waals surface area contributed by atoms with Crippen LogP contribution in [0, 0.1) is 0 Å². The van der Waals surface area contributed by atoms with Crippen LogP contribution in [0.25, 0.3) is 11.1 Å². The molecule has 0 aliphatic rings. The monoisotopic (exact) mass is 293 g/mol. The largest absolute Gasteiger partial charge is 0.417 e. The first-order valence-corrected chi connectivity index (χ1v) is 6.98. The summed E-state index contributed by atoms with van der Waals surface area (Å²) in [7, 11) is 0. The van der Waals surface area contributed by atoms with Crippen LogP contribution in [0.3, 0.4) is 0 Å². The molecule has 0 aliphatic carbocycles. The summed E-state index contributed by atoms with van der Waals surface area (Å²) in [6.07, 6.45) is -3.32. The van der Waals surface area contributed by atoms with Crippen LogP contribution >= 0.6 is 0 Å². The Bertz CT molecular complexity index is 591. The first-order valence-electron chi connectivity index (χ1n) is 6.98. The van der Waals surface area contributed by atoms with E-state index in [0.717, 1.165) is 24.6 Å². The van der Waals surface area contributed by atoms with Crippen molar-refractivity contribution in [1.82, 2.24) is 5.32 Å². The van der Waals surface area contributed by atoms with E-state index in [9.17, 15) is 13.2 Å². The summed E-state index contributed by atoms with van der Waals surface area (Å²) in [5.41, 5.74) is 1.21. The van der Waals surface area contributed by atoms with Gasteiger partial charge in [-0.3, -0.25) is 0 Å². The molecule has 0 spiro atoms. The molecule has 1 nitrogen and oxygen atoms in total. The van der Waals surface area contributed by atoms with Crippen molar-refractivity contribution < 1.29 is 13.2 Å². The minimum atomic E-state index is -4.34. The molecule has 0 atom stereocenters.